The zero-order valence-electron chi connectivity index (χ0n) is 7.55. The predicted octanol–water partition coefficient (Wildman–Crippen LogP) is 2.38. The first kappa shape index (κ1) is 7.35. The van der Waals surface area contributed by atoms with Crippen molar-refractivity contribution in [2.24, 2.45) is 11.3 Å². The van der Waals surface area contributed by atoms with E-state index in [0.717, 1.165) is 12.5 Å². The fourth-order valence-corrected chi connectivity index (χ4v) is 2.30. The summed E-state index contributed by atoms with van der Waals surface area (Å²) in [5.74, 6) is 0.752. The third-order valence-electron chi connectivity index (χ3n) is 3.49. The molecule has 2 aliphatic rings. The van der Waals surface area contributed by atoms with Gasteiger partial charge in [-0.3, -0.25) is 0 Å². The molecule has 1 heterocycles. The molecule has 11 heavy (non-hydrogen) atoms. The van der Waals surface area contributed by atoms with Gasteiger partial charge in [0.15, 0.2) is 0 Å². The van der Waals surface area contributed by atoms with Gasteiger partial charge in [0.2, 0.25) is 0 Å². The van der Waals surface area contributed by atoms with E-state index in [1.165, 1.54) is 12.0 Å². The molecule has 1 fully saturated rings. The molecular weight excluding hydrogens is 136 g/mol. The van der Waals surface area contributed by atoms with Crippen molar-refractivity contribution in [3.05, 3.63) is 11.6 Å². The molecule has 2 atom stereocenters. The van der Waals surface area contributed by atoms with Crippen LogP contribution in [0.4, 0.5) is 0 Å². The first-order valence-corrected chi connectivity index (χ1v) is 4.43. The van der Waals surface area contributed by atoms with Crippen molar-refractivity contribution in [1.29, 1.82) is 0 Å². The van der Waals surface area contributed by atoms with Gasteiger partial charge in [-0.1, -0.05) is 25.5 Å². The monoisotopic (exact) mass is 152 g/mol. The summed E-state index contributed by atoms with van der Waals surface area (Å²) in [6.07, 6.45) is 3.98. The minimum atomic E-state index is 0.390. The topological polar surface area (TPSA) is 9.23 Å². The number of hydrogen-bond acceptors (Lipinski definition) is 1. The Morgan fingerprint density at radius 3 is 2.91 bits per heavy atom. The van der Waals surface area contributed by atoms with E-state index < -0.39 is 0 Å². The van der Waals surface area contributed by atoms with Gasteiger partial charge in [0, 0.05) is 6.61 Å². The van der Waals surface area contributed by atoms with Gasteiger partial charge in [-0.25, -0.2) is 0 Å². The summed E-state index contributed by atoms with van der Waals surface area (Å²) >= 11 is 0. The van der Waals surface area contributed by atoms with Crippen LogP contribution in [-0.4, -0.2) is 12.7 Å². The number of hydrogen-bond donors (Lipinski definition) is 0. The lowest BCUT2D eigenvalue weighted by molar-refractivity contribution is 0.116. The molecule has 0 N–H and O–H groups in total. The molecule has 1 aliphatic heterocycles. The highest BCUT2D eigenvalue weighted by Gasteiger charge is 2.44. The van der Waals surface area contributed by atoms with Crippen LogP contribution in [0.3, 0.4) is 0 Å². The molecule has 1 nitrogen and oxygen atoms in total. The molecule has 1 saturated heterocycles. The van der Waals surface area contributed by atoms with Crippen LogP contribution in [0.1, 0.15) is 27.2 Å². The minimum absolute atomic E-state index is 0.390. The summed E-state index contributed by atoms with van der Waals surface area (Å²) < 4.78 is 5.61. The average molecular weight is 152 g/mol. The van der Waals surface area contributed by atoms with E-state index in [2.05, 4.69) is 26.8 Å². The van der Waals surface area contributed by atoms with Crippen molar-refractivity contribution in [2.75, 3.05) is 6.61 Å². The predicted molar refractivity (Wildman–Crippen MR) is 45.4 cm³/mol. The molecule has 2 rings (SSSR count). The van der Waals surface area contributed by atoms with Gasteiger partial charge in [-0.15, -0.1) is 0 Å². The molecule has 0 aromatic rings. The minimum Gasteiger partial charge on any atom is -0.374 e. The Labute approximate surface area is 68.4 Å². The van der Waals surface area contributed by atoms with Crippen LogP contribution in [-0.2, 0) is 4.74 Å². The van der Waals surface area contributed by atoms with E-state index in [1.807, 2.05) is 0 Å². The second-order valence-electron chi connectivity index (χ2n) is 4.30. The maximum atomic E-state index is 5.61. The van der Waals surface area contributed by atoms with Gasteiger partial charge >= 0.3 is 0 Å². The third kappa shape index (κ3) is 0.871. The largest absolute Gasteiger partial charge is 0.374 e. The quantitative estimate of drug-likeness (QED) is 0.484. The molecule has 0 amide bonds. The molecular formula is C10H16O. The molecule has 0 aromatic heterocycles. The molecule has 0 saturated carbocycles. The fraction of sp³-hybridized carbons (Fsp3) is 0.800. The summed E-state index contributed by atoms with van der Waals surface area (Å²) in [6, 6.07) is 0. The van der Waals surface area contributed by atoms with Crippen LogP contribution in [0.5, 0.6) is 0 Å². The molecule has 0 aromatic carbocycles. The van der Waals surface area contributed by atoms with Gasteiger partial charge in [0.05, 0.1) is 6.10 Å². The Balaban J connectivity index is 2.30. The zero-order chi connectivity index (χ0) is 8.06. The second-order valence-corrected chi connectivity index (χ2v) is 4.30. The highest BCUT2D eigenvalue weighted by atomic mass is 16.5. The standard InChI is InChI=1S/C10H16O/c1-7-6-9-8(4-5-11-9)10(7,2)3/h6,8-9H,4-5H2,1-3H3. The summed E-state index contributed by atoms with van der Waals surface area (Å²) in [5, 5.41) is 0. The van der Waals surface area contributed by atoms with E-state index in [-0.39, 0.29) is 0 Å². The lowest BCUT2D eigenvalue weighted by atomic mass is 9.76. The number of allylic oxidation sites excluding steroid dienone is 1. The lowest BCUT2D eigenvalue weighted by Crippen LogP contribution is -2.23. The summed E-state index contributed by atoms with van der Waals surface area (Å²) in [5.41, 5.74) is 1.90. The van der Waals surface area contributed by atoms with Crippen molar-refractivity contribution in [2.45, 2.75) is 33.3 Å². The van der Waals surface area contributed by atoms with E-state index in [0.29, 0.717) is 11.5 Å². The van der Waals surface area contributed by atoms with Crippen LogP contribution in [0.25, 0.3) is 0 Å². The van der Waals surface area contributed by atoms with Crippen LogP contribution >= 0.6 is 0 Å². The Morgan fingerprint density at radius 2 is 2.27 bits per heavy atom. The first-order chi connectivity index (χ1) is 5.12. The van der Waals surface area contributed by atoms with Gasteiger partial charge in [0.25, 0.3) is 0 Å². The number of fused-ring (bicyclic) bond motifs is 1. The maximum Gasteiger partial charge on any atom is 0.0795 e. The van der Waals surface area contributed by atoms with Crippen molar-refractivity contribution < 1.29 is 4.74 Å². The van der Waals surface area contributed by atoms with Gasteiger partial charge in [-0.2, -0.15) is 0 Å². The zero-order valence-corrected chi connectivity index (χ0v) is 7.55. The van der Waals surface area contributed by atoms with E-state index in [9.17, 15) is 0 Å². The summed E-state index contributed by atoms with van der Waals surface area (Å²) in [7, 11) is 0. The smallest absolute Gasteiger partial charge is 0.0795 e. The van der Waals surface area contributed by atoms with Crippen molar-refractivity contribution in [1.82, 2.24) is 0 Å². The highest BCUT2D eigenvalue weighted by molar-refractivity contribution is 5.23. The number of rotatable bonds is 0. The molecule has 2 unspecified atom stereocenters. The van der Waals surface area contributed by atoms with Crippen LogP contribution in [0.2, 0.25) is 0 Å². The fourth-order valence-electron chi connectivity index (χ4n) is 2.30. The normalized spacial score (nSPS) is 40.5. The van der Waals surface area contributed by atoms with Crippen molar-refractivity contribution in [3.63, 3.8) is 0 Å². The second kappa shape index (κ2) is 2.10. The molecule has 0 bridgehead atoms. The van der Waals surface area contributed by atoms with E-state index in [4.69, 9.17) is 4.74 Å². The van der Waals surface area contributed by atoms with Gasteiger partial charge < -0.3 is 4.74 Å². The van der Waals surface area contributed by atoms with Gasteiger partial charge in [-0.05, 0) is 24.7 Å². The molecule has 0 radical (unpaired) electrons. The number of ether oxygens (including phenoxy) is 1. The Kier molecular flexibility index (Phi) is 1.40. The first-order valence-electron chi connectivity index (χ1n) is 4.43. The third-order valence-corrected chi connectivity index (χ3v) is 3.49. The SMILES string of the molecule is CC1=CC2OCCC2C1(C)C. The molecule has 0 spiro atoms. The van der Waals surface area contributed by atoms with Crippen molar-refractivity contribution in [3.8, 4) is 0 Å². The van der Waals surface area contributed by atoms with Crippen LogP contribution < -0.4 is 0 Å². The van der Waals surface area contributed by atoms with Crippen LogP contribution in [0.15, 0.2) is 11.6 Å². The van der Waals surface area contributed by atoms with Crippen LogP contribution in [0, 0.1) is 11.3 Å². The van der Waals surface area contributed by atoms with Gasteiger partial charge in [0.1, 0.15) is 0 Å². The average Bonchev–Trinajstić information content (AvgIpc) is 2.41. The Hall–Kier alpha value is -0.300. The highest BCUT2D eigenvalue weighted by Crippen LogP contribution is 2.48. The maximum absolute atomic E-state index is 5.61. The van der Waals surface area contributed by atoms with E-state index in [1.54, 1.807) is 0 Å². The Morgan fingerprint density at radius 1 is 1.55 bits per heavy atom. The molecule has 1 heteroatoms. The lowest BCUT2D eigenvalue weighted by Gasteiger charge is -2.27. The molecule has 62 valence electrons. The van der Waals surface area contributed by atoms with E-state index >= 15 is 0 Å². The molecule has 1 aliphatic carbocycles. The van der Waals surface area contributed by atoms with Crippen molar-refractivity contribution >= 4 is 0 Å². The summed E-state index contributed by atoms with van der Waals surface area (Å²) in [6.45, 7) is 7.85. The Bertz CT molecular complexity index is 203. The summed E-state index contributed by atoms with van der Waals surface area (Å²) in [4.78, 5) is 0.